The van der Waals surface area contributed by atoms with Gasteiger partial charge in [0.15, 0.2) is 0 Å². The lowest BCUT2D eigenvalue weighted by Gasteiger charge is -2.07. The molecule has 2 aromatic carbocycles. The number of methoxy groups -OCH3 is 1. The second-order valence-corrected chi connectivity index (χ2v) is 4.21. The van der Waals surface area contributed by atoms with Gasteiger partial charge in [0.05, 0.1) is 7.11 Å². The third-order valence-corrected chi connectivity index (χ3v) is 3.21. The zero-order valence-electron chi connectivity index (χ0n) is 9.81. The van der Waals surface area contributed by atoms with Crippen LogP contribution in [0.2, 0.25) is 0 Å². The Morgan fingerprint density at radius 2 is 1.88 bits per heavy atom. The Morgan fingerprint density at radius 1 is 1.00 bits per heavy atom. The highest BCUT2D eigenvalue weighted by Crippen LogP contribution is 2.33. The molecule has 0 bridgehead atoms. The van der Waals surface area contributed by atoms with E-state index in [2.05, 4.69) is 42.5 Å². The summed E-state index contributed by atoms with van der Waals surface area (Å²) in [6.07, 6.45) is 3.32. The maximum Gasteiger partial charge on any atom is 0.119 e. The number of hydrogen-bond donors (Lipinski definition) is 0. The summed E-state index contributed by atoms with van der Waals surface area (Å²) in [5.41, 5.74) is 5.31. The second kappa shape index (κ2) is 4.10. The minimum absolute atomic E-state index is 0.910. The summed E-state index contributed by atoms with van der Waals surface area (Å²) in [6.45, 7) is 0. The standard InChI is InChI=1S/C16H14O/c1-17-14-7-4-6-13(11-14)16-10-9-12-5-2-3-8-15(12)16/h2-8,10-11H,9H2,1H3. The van der Waals surface area contributed by atoms with E-state index in [-0.39, 0.29) is 0 Å². The molecular weight excluding hydrogens is 208 g/mol. The van der Waals surface area contributed by atoms with Gasteiger partial charge < -0.3 is 4.74 Å². The van der Waals surface area contributed by atoms with E-state index in [0.29, 0.717) is 0 Å². The summed E-state index contributed by atoms with van der Waals surface area (Å²) in [5.74, 6) is 0.910. The fourth-order valence-corrected chi connectivity index (χ4v) is 2.35. The van der Waals surface area contributed by atoms with Crippen molar-refractivity contribution < 1.29 is 4.74 Å². The van der Waals surface area contributed by atoms with Crippen LogP contribution in [0.3, 0.4) is 0 Å². The van der Waals surface area contributed by atoms with E-state index < -0.39 is 0 Å². The molecule has 0 amide bonds. The minimum Gasteiger partial charge on any atom is -0.497 e. The van der Waals surface area contributed by atoms with Crippen LogP contribution in [-0.4, -0.2) is 7.11 Å². The summed E-state index contributed by atoms with van der Waals surface area (Å²) in [4.78, 5) is 0. The highest BCUT2D eigenvalue weighted by molar-refractivity contribution is 5.84. The number of benzene rings is 2. The monoisotopic (exact) mass is 222 g/mol. The Morgan fingerprint density at radius 3 is 2.76 bits per heavy atom. The Bertz CT molecular complexity index is 582. The van der Waals surface area contributed by atoms with Crippen LogP contribution in [0.1, 0.15) is 16.7 Å². The van der Waals surface area contributed by atoms with Crippen molar-refractivity contribution in [2.45, 2.75) is 6.42 Å². The summed E-state index contributed by atoms with van der Waals surface area (Å²) in [6, 6.07) is 16.8. The van der Waals surface area contributed by atoms with E-state index >= 15 is 0 Å². The first-order chi connectivity index (χ1) is 8.38. The van der Waals surface area contributed by atoms with Gasteiger partial charge in [0.2, 0.25) is 0 Å². The van der Waals surface area contributed by atoms with Crippen LogP contribution in [0.5, 0.6) is 5.75 Å². The first-order valence-corrected chi connectivity index (χ1v) is 5.81. The Balaban J connectivity index is 2.06. The van der Waals surface area contributed by atoms with Crippen LogP contribution in [0.15, 0.2) is 54.6 Å². The van der Waals surface area contributed by atoms with Crippen molar-refractivity contribution >= 4 is 5.57 Å². The van der Waals surface area contributed by atoms with Crippen LogP contribution in [0.25, 0.3) is 5.57 Å². The van der Waals surface area contributed by atoms with Gasteiger partial charge in [-0.05, 0) is 40.8 Å². The average Bonchev–Trinajstić information content (AvgIpc) is 2.82. The summed E-state index contributed by atoms with van der Waals surface area (Å²) < 4.78 is 5.28. The summed E-state index contributed by atoms with van der Waals surface area (Å²) in [5, 5.41) is 0. The molecule has 0 aromatic heterocycles. The molecule has 0 N–H and O–H groups in total. The quantitative estimate of drug-likeness (QED) is 0.753. The number of hydrogen-bond acceptors (Lipinski definition) is 1. The number of fused-ring (bicyclic) bond motifs is 1. The smallest absolute Gasteiger partial charge is 0.119 e. The van der Waals surface area contributed by atoms with E-state index in [9.17, 15) is 0 Å². The van der Waals surface area contributed by atoms with Gasteiger partial charge in [-0.1, -0.05) is 42.5 Å². The van der Waals surface area contributed by atoms with E-state index in [1.54, 1.807) is 7.11 Å². The van der Waals surface area contributed by atoms with Crippen molar-refractivity contribution in [3.8, 4) is 5.75 Å². The van der Waals surface area contributed by atoms with Crippen molar-refractivity contribution in [2.75, 3.05) is 7.11 Å². The maximum atomic E-state index is 5.28. The van der Waals surface area contributed by atoms with Gasteiger partial charge in [0, 0.05) is 0 Å². The Labute approximate surface area is 101 Å². The topological polar surface area (TPSA) is 9.23 Å². The molecule has 3 rings (SSSR count). The van der Waals surface area contributed by atoms with E-state index in [1.165, 1.54) is 22.3 Å². The molecule has 2 aromatic rings. The van der Waals surface area contributed by atoms with Gasteiger partial charge in [-0.3, -0.25) is 0 Å². The van der Waals surface area contributed by atoms with Gasteiger partial charge >= 0.3 is 0 Å². The lowest BCUT2D eigenvalue weighted by atomic mass is 9.99. The zero-order valence-corrected chi connectivity index (χ0v) is 9.81. The minimum atomic E-state index is 0.910. The molecule has 0 radical (unpaired) electrons. The van der Waals surface area contributed by atoms with Gasteiger partial charge in [0.25, 0.3) is 0 Å². The number of allylic oxidation sites excluding steroid dienone is 1. The molecule has 0 unspecified atom stereocenters. The molecule has 1 aliphatic carbocycles. The van der Waals surface area contributed by atoms with Gasteiger partial charge in [0.1, 0.15) is 5.75 Å². The fourth-order valence-electron chi connectivity index (χ4n) is 2.35. The van der Waals surface area contributed by atoms with Crippen molar-refractivity contribution in [3.05, 3.63) is 71.3 Å². The molecule has 0 aliphatic heterocycles. The predicted molar refractivity (Wildman–Crippen MR) is 70.2 cm³/mol. The third-order valence-electron chi connectivity index (χ3n) is 3.21. The van der Waals surface area contributed by atoms with Crippen LogP contribution in [0, 0.1) is 0 Å². The predicted octanol–water partition coefficient (Wildman–Crippen LogP) is 3.68. The normalized spacial score (nSPS) is 13.1. The maximum absolute atomic E-state index is 5.28. The molecular formula is C16H14O. The van der Waals surface area contributed by atoms with E-state index in [0.717, 1.165) is 12.2 Å². The molecule has 0 spiro atoms. The Kier molecular flexibility index (Phi) is 2.45. The molecule has 0 saturated carbocycles. The molecule has 1 nitrogen and oxygen atoms in total. The molecule has 17 heavy (non-hydrogen) atoms. The second-order valence-electron chi connectivity index (χ2n) is 4.21. The molecule has 1 heteroatoms. The molecule has 84 valence electrons. The molecule has 1 aliphatic rings. The first kappa shape index (κ1) is 10.2. The van der Waals surface area contributed by atoms with E-state index in [1.807, 2.05) is 12.1 Å². The largest absolute Gasteiger partial charge is 0.497 e. The van der Waals surface area contributed by atoms with Crippen molar-refractivity contribution in [1.29, 1.82) is 0 Å². The molecule has 0 saturated heterocycles. The van der Waals surface area contributed by atoms with Crippen molar-refractivity contribution in [1.82, 2.24) is 0 Å². The van der Waals surface area contributed by atoms with Crippen LogP contribution < -0.4 is 4.74 Å². The first-order valence-electron chi connectivity index (χ1n) is 5.81. The molecule has 0 fully saturated rings. The highest BCUT2D eigenvalue weighted by Gasteiger charge is 2.14. The highest BCUT2D eigenvalue weighted by atomic mass is 16.5. The van der Waals surface area contributed by atoms with Crippen molar-refractivity contribution in [2.24, 2.45) is 0 Å². The van der Waals surface area contributed by atoms with Crippen molar-refractivity contribution in [3.63, 3.8) is 0 Å². The van der Waals surface area contributed by atoms with Gasteiger partial charge in [-0.2, -0.15) is 0 Å². The number of rotatable bonds is 2. The lowest BCUT2D eigenvalue weighted by molar-refractivity contribution is 0.414. The fraction of sp³-hybridized carbons (Fsp3) is 0.125. The van der Waals surface area contributed by atoms with E-state index in [4.69, 9.17) is 4.74 Å². The zero-order chi connectivity index (χ0) is 11.7. The lowest BCUT2D eigenvalue weighted by Crippen LogP contribution is -1.88. The summed E-state index contributed by atoms with van der Waals surface area (Å²) in [7, 11) is 1.70. The average molecular weight is 222 g/mol. The van der Waals surface area contributed by atoms with Crippen LogP contribution in [-0.2, 0) is 6.42 Å². The molecule has 0 heterocycles. The third kappa shape index (κ3) is 1.74. The molecule has 0 atom stereocenters. The van der Waals surface area contributed by atoms with Gasteiger partial charge in [-0.15, -0.1) is 0 Å². The summed E-state index contributed by atoms with van der Waals surface area (Å²) >= 11 is 0. The SMILES string of the molecule is COc1cccc(C2=CCc3ccccc32)c1. The van der Waals surface area contributed by atoms with Gasteiger partial charge in [-0.25, -0.2) is 0 Å². The van der Waals surface area contributed by atoms with Crippen LogP contribution in [0.4, 0.5) is 0 Å². The number of ether oxygens (including phenoxy) is 1. The Hall–Kier alpha value is -2.02. The van der Waals surface area contributed by atoms with Crippen LogP contribution >= 0.6 is 0 Å².